The molecule has 0 bridgehead atoms. The van der Waals surface area contributed by atoms with Crippen molar-refractivity contribution in [3.05, 3.63) is 0 Å². The minimum Gasteiger partial charge on any atom is -0.598 e. The van der Waals surface area contributed by atoms with E-state index < -0.39 is 11.4 Å². The normalized spacial score (nSPS) is 24.0. The van der Waals surface area contributed by atoms with Crippen molar-refractivity contribution < 1.29 is 4.55 Å². The Balaban J connectivity index is 2.45. The van der Waals surface area contributed by atoms with E-state index >= 15 is 0 Å². The van der Waals surface area contributed by atoms with E-state index in [2.05, 4.69) is 4.31 Å². The SMILES string of the molecule is CC(C)(C)[S+]([O-])N1CCCCC1. The first-order valence-electron chi connectivity index (χ1n) is 4.69. The molecule has 0 spiro atoms. The molecule has 0 aromatic carbocycles. The highest BCUT2D eigenvalue weighted by Crippen LogP contribution is 2.23. The van der Waals surface area contributed by atoms with Crippen molar-refractivity contribution in [1.82, 2.24) is 4.31 Å². The molecule has 12 heavy (non-hydrogen) atoms. The molecule has 1 unspecified atom stereocenters. The lowest BCUT2D eigenvalue weighted by molar-refractivity contribution is 0.336. The van der Waals surface area contributed by atoms with Gasteiger partial charge in [0, 0.05) is 24.5 Å². The number of hydrogen-bond acceptors (Lipinski definition) is 2. The molecule has 0 N–H and O–H groups in total. The summed E-state index contributed by atoms with van der Waals surface area (Å²) >= 11 is -0.790. The van der Waals surface area contributed by atoms with Gasteiger partial charge in [-0.25, -0.2) is 0 Å². The van der Waals surface area contributed by atoms with Crippen LogP contribution in [0.4, 0.5) is 0 Å². The predicted molar refractivity (Wildman–Crippen MR) is 53.3 cm³/mol. The molecular weight excluding hydrogens is 170 g/mol. The fraction of sp³-hybridized carbons (Fsp3) is 1.00. The van der Waals surface area contributed by atoms with Crippen molar-refractivity contribution in [3.63, 3.8) is 0 Å². The summed E-state index contributed by atoms with van der Waals surface area (Å²) in [6, 6.07) is 0. The van der Waals surface area contributed by atoms with Crippen LogP contribution in [0.3, 0.4) is 0 Å². The molecule has 0 amide bonds. The molecule has 1 aliphatic heterocycles. The summed E-state index contributed by atoms with van der Waals surface area (Å²) < 4.78 is 13.9. The highest BCUT2D eigenvalue weighted by atomic mass is 32.2. The maximum atomic E-state index is 11.9. The van der Waals surface area contributed by atoms with Gasteiger partial charge in [0.15, 0.2) is 0 Å². The molecule has 3 heteroatoms. The van der Waals surface area contributed by atoms with Gasteiger partial charge in [-0.3, -0.25) is 0 Å². The van der Waals surface area contributed by atoms with E-state index in [0.717, 1.165) is 13.1 Å². The van der Waals surface area contributed by atoms with Gasteiger partial charge >= 0.3 is 0 Å². The Kier molecular flexibility index (Phi) is 3.44. The molecule has 0 aromatic rings. The summed E-state index contributed by atoms with van der Waals surface area (Å²) in [6.45, 7) is 8.15. The molecule has 1 heterocycles. The van der Waals surface area contributed by atoms with Crippen molar-refractivity contribution in [1.29, 1.82) is 0 Å². The van der Waals surface area contributed by atoms with Gasteiger partial charge in [-0.2, -0.15) is 0 Å². The molecule has 2 nitrogen and oxygen atoms in total. The van der Waals surface area contributed by atoms with Gasteiger partial charge in [-0.05, 0) is 33.6 Å². The molecule has 1 fully saturated rings. The van der Waals surface area contributed by atoms with Crippen molar-refractivity contribution in [2.45, 2.75) is 44.8 Å². The van der Waals surface area contributed by atoms with Crippen LogP contribution in [0.2, 0.25) is 0 Å². The maximum Gasteiger partial charge on any atom is 0.137 e. The predicted octanol–water partition coefficient (Wildman–Crippen LogP) is 1.93. The molecule has 1 atom stereocenters. The van der Waals surface area contributed by atoms with E-state index in [4.69, 9.17) is 0 Å². The zero-order valence-corrected chi connectivity index (χ0v) is 9.12. The molecule has 0 radical (unpaired) electrons. The molecule has 1 rings (SSSR count). The summed E-state index contributed by atoms with van der Waals surface area (Å²) in [6.07, 6.45) is 3.72. The first-order chi connectivity index (χ1) is 5.52. The minimum absolute atomic E-state index is 0.0860. The molecule has 0 saturated carbocycles. The van der Waals surface area contributed by atoms with Crippen LogP contribution >= 0.6 is 0 Å². The Bertz CT molecular complexity index is 138. The zero-order valence-electron chi connectivity index (χ0n) is 8.30. The number of nitrogens with zero attached hydrogens (tertiary/aromatic N) is 1. The number of rotatable bonds is 1. The van der Waals surface area contributed by atoms with Crippen LogP contribution in [0.5, 0.6) is 0 Å². The Labute approximate surface area is 78.6 Å². The van der Waals surface area contributed by atoms with Crippen LogP contribution in [0, 0.1) is 0 Å². The third kappa shape index (κ3) is 2.64. The van der Waals surface area contributed by atoms with Gasteiger partial charge in [0.25, 0.3) is 0 Å². The smallest absolute Gasteiger partial charge is 0.137 e. The molecule has 1 saturated heterocycles. The summed E-state index contributed by atoms with van der Waals surface area (Å²) in [5.41, 5.74) is 0. The summed E-state index contributed by atoms with van der Waals surface area (Å²) in [5.74, 6) is 0. The van der Waals surface area contributed by atoms with Crippen LogP contribution in [0.1, 0.15) is 40.0 Å². The standard InChI is InChI=1S/C9H19NOS/c1-9(2,3)12(11)10-7-5-4-6-8-10/h4-8H2,1-3H3. The average Bonchev–Trinajstić information content (AvgIpc) is 2.03. The van der Waals surface area contributed by atoms with Gasteiger partial charge < -0.3 is 4.55 Å². The highest BCUT2D eigenvalue weighted by Gasteiger charge is 2.33. The van der Waals surface area contributed by atoms with Gasteiger partial charge in [0.1, 0.15) is 4.75 Å². The van der Waals surface area contributed by atoms with Crippen LogP contribution in [0.15, 0.2) is 0 Å². The van der Waals surface area contributed by atoms with E-state index in [0.29, 0.717) is 0 Å². The lowest BCUT2D eigenvalue weighted by Crippen LogP contribution is -2.45. The molecule has 72 valence electrons. The fourth-order valence-corrected chi connectivity index (χ4v) is 2.78. The topological polar surface area (TPSA) is 26.3 Å². The van der Waals surface area contributed by atoms with Crippen LogP contribution < -0.4 is 0 Å². The van der Waals surface area contributed by atoms with Crippen LogP contribution in [-0.4, -0.2) is 26.7 Å². The van der Waals surface area contributed by atoms with E-state index in [1.54, 1.807) is 0 Å². The second kappa shape index (κ2) is 3.99. The van der Waals surface area contributed by atoms with Gasteiger partial charge in [0.05, 0.1) is 0 Å². The quantitative estimate of drug-likeness (QED) is 0.589. The van der Waals surface area contributed by atoms with Crippen molar-refractivity contribution in [3.8, 4) is 0 Å². The number of piperidine rings is 1. The lowest BCUT2D eigenvalue weighted by Gasteiger charge is -2.34. The first kappa shape index (κ1) is 10.4. The van der Waals surface area contributed by atoms with Crippen LogP contribution in [0.25, 0.3) is 0 Å². The van der Waals surface area contributed by atoms with E-state index in [1.807, 2.05) is 20.8 Å². The summed E-state index contributed by atoms with van der Waals surface area (Å²) in [5, 5.41) is 0. The third-order valence-corrected chi connectivity index (χ3v) is 3.96. The molecular formula is C9H19NOS. The largest absolute Gasteiger partial charge is 0.598 e. The van der Waals surface area contributed by atoms with Crippen molar-refractivity contribution >= 4 is 11.4 Å². The van der Waals surface area contributed by atoms with E-state index in [9.17, 15) is 4.55 Å². The Hall–Kier alpha value is 0.270. The molecule has 0 aliphatic carbocycles. The van der Waals surface area contributed by atoms with Gasteiger partial charge in [0.2, 0.25) is 0 Å². The number of hydrogen-bond donors (Lipinski definition) is 0. The van der Waals surface area contributed by atoms with Crippen LogP contribution in [-0.2, 0) is 11.4 Å². The Morgan fingerprint density at radius 3 is 2.00 bits per heavy atom. The highest BCUT2D eigenvalue weighted by molar-refractivity contribution is 7.90. The monoisotopic (exact) mass is 189 g/mol. The third-order valence-electron chi connectivity index (χ3n) is 2.07. The summed E-state index contributed by atoms with van der Waals surface area (Å²) in [4.78, 5) is 0. The average molecular weight is 189 g/mol. The second-order valence-electron chi connectivity index (χ2n) is 4.35. The minimum atomic E-state index is -0.790. The fourth-order valence-electron chi connectivity index (χ4n) is 1.42. The van der Waals surface area contributed by atoms with E-state index in [1.165, 1.54) is 19.3 Å². The van der Waals surface area contributed by atoms with Gasteiger partial charge in [-0.1, -0.05) is 6.42 Å². The van der Waals surface area contributed by atoms with Gasteiger partial charge in [-0.15, -0.1) is 4.31 Å². The molecule has 0 aromatic heterocycles. The molecule has 1 aliphatic rings. The Morgan fingerprint density at radius 2 is 1.58 bits per heavy atom. The first-order valence-corrected chi connectivity index (χ1v) is 5.79. The van der Waals surface area contributed by atoms with Crippen molar-refractivity contribution in [2.75, 3.05) is 13.1 Å². The zero-order chi connectivity index (χ0) is 9.19. The summed E-state index contributed by atoms with van der Waals surface area (Å²) in [7, 11) is 0. The van der Waals surface area contributed by atoms with Crippen molar-refractivity contribution in [2.24, 2.45) is 0 Å². The second-order valence-corrected chi connectivity index (χ2v) is 6.59. The Morgan fingerprint density at radius 1 is 1.08 bits per heavy atom. The van der Waals surface area contributed by atoms with E-state index in [-0.39, 0.29) is 4.75 Å². The maximum absolute atomic E-state index is 11.9. The lowest BCUT2D eigenvalue weighted by atomic mass is 10.2.